The molecule has 9 heteroatoms. The van der Waals surface area contributed by atoms with E-state index in [1.54, 1.807) is 0 Å². The van der Waals surface area contributed by atoms with Gasteiger partial charge in [-0.15, -0.1) is 24.0 Å². The highest BCUT2D eigenvalue weighted by Gasteiger charge is 2.30. The van der Waals surface area contributed by atoms with Gasteiger partial charge in [-0.3, -0.25) is 4.99 Å². The summed E-state index contributed by atoms with van der Waals surface area (Å²) in [5.41, 5.74) is 1.52. The standard InChI is InChI=1S/C19H36N4O3S.HI/c1-4-20-19(21-11-10-18-8-6-5-7-9-18)22-12-13-27(24,25)23-14-16(2)26-17(3)15-23;/h8,16-17H,4-7,9-15H2,1-3H3,(H2,20,21,22);1H. The van der Waals surface area contributed by atoms with Gasteiger partial charge >= 0.3 is 0 Å². The normalized spacial score (nSPS) is 24.2. The van der Waals surface area contributed by atoms with Gasteiger partial charge < -0.3 is 15.4 Å². The molecule has 2 rings (SSSR count). The maximum atomic E-state index is 12.6. The van der Waals surface area contributed by atoms with Gasteiger partial charge in [0.15, 0.2) is 5.96 Å². The summed E-state index contributed by atoms with van der Waals surface area (Å²) in [4.78, 5) is 4.45. The lowest BCUT2D eigenvalue weighted by Crippen LogP contribution is -2.49. The number of hydrogen-bond donors (Lipinski definition) is 2. The number of rotatable bonds is 8. The van der Waals surface area contributed by atoms with Crippen LogP contribution in [0.3, 0.4) is 0 Å². The number of sulfonamides is 1. The number of nitrogens with one attached hydrogen (secondary N) is 2. The number of hydrogen-bond acceptors (Lipinski definition) is 4. The first-order chi connectivity index (χ1) is 12.9. The average molecular weight is 529 g/mol. The molecule has 2 unspecified atom stereocenters. The van der Waals surface area contributed by atoms with Crippen molar-refractivity contribution in [3.63, 3.8) is 0 Å². The highest BCUT2D eigenvalue weighted by molar-refractivity contribution is 14.0. The van der Waals surface area contributed by atoms with E-state index in [9.17, 15) is 8.42 Å². The second-order valence-corrected chi connectivity index (χ2v) is 9.52. The lowest BCUT2D eigenvalue weighted by molar-refractivity contribution is -0.0440. The van der Waals surface area contributed by atoms with Crippen molar-refractivity contribution in [3.8, 4) is 0 Å². The number of allylic oxidation sites excluding steroid dienone is 1. The molecular weight excluding hydrogens is 491 g/mol. The third kappa shape index (κ3) is 8.96. The van der Waals surface area contributed by atoms with Crippen LogP contribution in [0.2, 0.25) is 0 Å². The molecule has 0 radical (unpaired) electrons. The number of aliphatic imine (C=N–C) groups is 1. The van der Waals surface area contributed by atoms with E-state index in [0.717, 1.165) is 19.5 Å². The van der Waals surface area contributed by atoms with Gasteiger partial charge in [0.05, 0.1) is 24.5 Å². The quantitative estimate of drug-likeness (QED) is 0.219. The fraction of sp³-hybridized carbons (Fsp3) is 0.842. The van der Waals surface area contributed by atoms with Gasteiger partial charge in [-0.05, 0) is 52.9 Å². The van der Waals surface area contributed by atoms with Crippen molar-refractivity contribution in [1.29, 1.82) is 0 Å². The van der Waals surface area contributed by atoms with Crippen LogP contribution < -0.4 is 10.6 Å². The molecule has 1 aliphatic carbocycles. The van der Waals surface area contributed by atoms with Crippen molar-refractivity contribution in [3.05, 3.63) is 11.6 Å². The molecule has 2 atom stereocenters. The van der Waals surface area contributed by atoms with Gasteiger partial charge in [0.1, 0.15) is 0 Å². The second-order valence-electron chi connectivity index (χ2n) is 7.44. The Morgan fingerprint density at radius 1 is 1.25 bits per heavy atom. The summed E-state index contributed by atoms with van der Waals surface area (Å²) >= 11 is 0. The molecule has 164 valence electrons. The first-order valence-corrected chi connectivity index (χ1v) is 11.8. The lowest BCUT2D eigenvalue weighted by Gasteiger charge is -2.34. The predicted molar refractivity (Wildman–Crippen MR) is 126 cm³/mol. The van der Waals surface area contributed by atoms with Gasteiger partial charge in [0.25, 0.3) is 0 Å². The largest absolute Gasteiger partial charge is 0.373 e. The minimum Gasteiger partial charge on any atom is -0.373 e. The first kappa shape index (κ1) is 25.6. The van der Waals surface area contributed by atoms with Crippen molar-refractivity contribution in [1.82, 2.24) is 14.9 Å². The second kappa shape index (κ2) is 13.0. The number of ether oxygens (including phenoxy) is 1. The Kier molecular flexibility index (Phi) is 11.9. The zero-order valence-electron chi connectivity index (χ0n) is 17.4. The maximum absolute atomic E-state index is 12.6. The molecule has 7 nitrogen and oxygen atoms in total. The first-order valence-electron chi connectivity index (χ1n) is 10.2. The van der Waals surface area contributed by atoms with Gasteiger partial charge in [-0.25, -0.2) is 8.42 Å². The van der Waals surface area contributed by atoms with Crippen molar-refractivity contribution < 1.29 is 13.2 Å². The molecule has 0 aromatic carbocycles. The zero-order chi connectivity index (χ0) is 19.7. The molecule has 1 fully saturated rings. The number of morpholine rings is 1. The number of nitrogens with zero attached hydrogens (tertiary/aromatic N) is 2. The van der Waals surface area contributed by atoms with Gasteiger partial charge in [-0.1, -0.05) is 11.6 Å². The van der Waals surface area contributed by atoms with E-state index in [2.05, 4.69) is 21.7 Å². The summed E-state index contributed by atoms with van der Waals surface area (Å²) in [5.74, 6) is 0.710. The van der Waals surface area contributed by atoms with E-state index in [0.29, 0.717) is 19.0 Å². The Morgan fingerprint density at radius 2 is 1.96 bits per heavy atom. The van der Waals surface area contributed by atoms with Gasteiger partial charge in [0.2, 0.25) is 10.0 Å². The summed E-state index contributed by atoms with van der Waals surface area (Å²) in [7, 11) is -3.32. The van der Waals surface area contributed by atoms with Crippen molar-refractivity contribution in [2.75, 3.05) is 38.5 Å². The predicted octanol–water partition coefficient (Wildman–Crippen LogP) is 2.49. The van der Waals surface area contributed by atoms with Crippen LogP contribution in [-0.2, 0) is 14.8 Å². The Bertz CT molecular complexity index is 615. The van der Waals surface area contributed by atoms with Crippen LogP contribution in [0.5, 0.6) is 0 Å². The molecule has 0 amide bonds. The monoisotopic (exact) mass is 528 g/mol. The summed E-state index contributed by atoms with van der Waals surface area (Å²) in [6.45, 7) is 8.49. The molecule has 2 aliphatic rings. The summed E-state index contributed by atoms with van der Waals surface area (Å²) in [5, 5.41) is 6.51. The molecule has 0 aromatic heterocycles. The Hall–Kier alpha value is -0.390. The fourth-order valence-corrected chi connectivity index (χ4v) is 5.03. The molecule has 1 heterocycles. The molecular formula is C19H37IN4O3S. The molecule has 1 aliphatic heterocycles. The van der Waals surface area contributed by atoms with Crippen LogP contribution in [0, 0.1) is 0 Å². The maximum Gasteiger partial charge on any atom is 0.216 e. The van der Waals surface area contributed by atoms with Crippen LogP contribution in [0.25, 0.3) is 0 Å². The van der Waals surface area contributed by atoms with Crippen LogP contribution in [0.4, 0.5) is 0 Å². The topological polar surface area (TPSA) is 83.0 Å². The average Bonchev–Trinajstić information content (AvgIpc) is 2.62. The Balaban J connectivity index is 0.00000392. The van der Waals surface area contributed by atoms with Gasteiger partial charge in [0, 0.05) is 26.2 Å². The van der Waals surface area contributed by atoms with E-state index in [4.69, 9.17) is 4.74 Å². The van der Waals surface area contributed by atoms with Crippen molar-refractivity contribution in [2.24, 2.45) is 4.99 Å². The summed E-state index contributed by atoms with van der Waals surface area (Å²) < 4.78 is 32.3. The van der Waals surface area contributed by atoms with E-state index in [1.807, 2.05) is 20.8 Å². The highest BCUT2D eigenvalue weighted by Crippen LogP contribution is 2.19. The van der Waals surface area contributed by atoms with Crippen LogP contribution in [0.1, 0.15) is 52.9 Å². The third-order valence-electron chi connectivity index (χ3n) is 4.87. The van der Waals surface area contributed by atoms with Crippen LogP contribution >= 0.6 is 24.0 Å². The molecule has 0 aromatic rings. The molecule has 1 saturated heterocycles. The molecule has 28 heavy (non-hydrogen) atoms. The molecule has 0 spiro atoms. The van der Waals surface area contributed by atoms with Gasteiger partial charge in [-0.2, -0.15) is 4.31 Å². The molecule has 0 saturated carbocycles. The number of halogens is 1. The SMILES string of the molecule is CCNC(=NCCS(=O)(=O)N1CC(C)OC(C)C1)NCCC1=CCCCC1.I. The molecule has 0 bridgehead atoms. The third-order valence-corrected chi connectivity index (χ3v) is 6.65. The minimum atomic E-state index is -3.32. The summed E-state index contributed by atoms with van der Waals surface area (Å²) in [6.07, 6.45) is 8.22. The Labute approximate surface area is 187 Å². The van der Waals surface area contributed by atoms with E-state index in [-0.39, 0.29) is 48.5 Å². The van der Waals surface area contributed by atoms with Crippen molar-refractivity contribution >= 4 is 40.0 Å². The molecule has 2 N–H and O–H groups in total. The number of guanidine groups is 1. The summed E-state index contributed by atoms with van der Waals surface area (Å²) in [6, 6.07) is 0. The van der Waals surface area contributed by atoms with Crippen LogP contribution in [-0.4, -0.2) is 69.4 Å². The van der Waals surface area contributed by atoms with E-state index >= 15 is 0 Å². The Morgan fingerprint density at radius 3 is 2.57 bits per heavy atom. The zero-order valence-corrected chi connectivity index (χ0v) is 20.6. The minimum absolute atomic E-state index is 0. The fourth-order valence-electron chi connectivity index (χ4n) is 3.57. The van der Waals surface area contributed by atoms with E-state index < -0.39 is 10.0 Å². The smallest absolute Gasteiger partial charge is 0.216 e. The van der Waals surface area contributed by atoms with Crippen LogP contribution in [0.15, 0.2) is 16.6 Å². The van der Waals surface area contributed by atoms with Crippen molar-refractivity contribution in [2.45, 2.75) is 65.1 Å². The van der Waals surface area contributed by atoms with E-state index in [1.165, 1.54) is 35.6 Å². The lowest BCUT2D eigenvalue weighted by atomic mass is 9.97. The highest BCUT2D eigenvalue weighted by atomic mass is 127.